The lowest BCUT2D eigenvalue weighted by atomic mass is 9.99. The SMILES string of the molecule is CCOC(C)(C)CNC1CCOc2ccc(Br)cc21. The first-order valence-electron chi connectivity index (χ1n) is 6.81. The van der Waals surface area contributed by atoms with E-state index in [0.29, 0.717) is 6.04 Å². The van der Waals surface area contributed by atoms with Gasteiger partial charge in [0.05, 0.1) is 12.2 Å². The van der Waals surface area contributed by atoms with Crippen molar-refractivity contribution in [2.75, 3.05) is 19.8 Å². The first kappa shape index (κ1) is 14.8. The fourth-order valence-electron chi connectivity index (χ4n) is 2.39. The fourth-order valence-corrected chi connectivity index (χ4v) is 2.77. The van der Waals surface area contributed by atoms with Crippen molar-refractivity contribution in [3.8, 4) is 5.75 Å². The summed E-state index contributed by atoms with van der Waals surface area (Å²) in [6, 6.07) is 6.52. The van der Waals surface area contributed by atoms with E-state index in [9.17, 15) is 0 Å². The van der Waals surface area contributed by atoms with Crippen molar-refractivity contribution in [3.05, 3.63) is 28.2 Å². The summed E-state index contributed by atoms with van der Waals surface area (Å²) in [6.45, 7) is 8.60. The van der Waals surface area contributed by atoms with E-state index in [1.165, 1.54) is 5.56 Å². The lowest BCUT2D eigenvalue weighted by Crippen LogP contribution is -2.40. The molecule has 1 unspecified atom stereocenters. The van der Waals surface area contributed by atoms with Gasteiger partial charge in [-0.15, -0.1) is 0 Å². The highest BCUT2D eigenvalue weighted by Crippen LogP contribution is 2.34. The monoisotopic (exact) mass is 327 g/mol. The third kappa shape index (κ3) is 3.94. The van der Waals surface area contributed by atoms with Crippen molar-refractivity contribution in [1.29, 1.82) is 0 Å². The van der Waals surface area contributed by atoms with Gasteiger partial charge in [-0.1, -0.05) is 15.9 Å². The molecular formula is C15H22BrNO2. The van der Waals surface area contributed by atoms with Gasteiger partial charge in [0, 0.05) is 35.7 Å². The molecule has 106 valence electrons. The van der Waals surface area contributed by atoms with Gasteiger partial charge in [-0.3, -0.25) is 0 Å². The van der Waals surface area contributed by atoms with E-state index < -0.39 is 0 Å². The van der Waals surface area contributed by atoms with Crippen LogP contribution >= 0.6 is 15.9 Å². The number of rotatable bonds is 5. The molecule has 0 aliphatic carbocycles. The second kappa shape index (κ2) is 6.25. The molecule has 3 nitrogen and oxygen atoms in total. The van der Waals surface area contributed by atoms with Crippen molar-refractivity contribution in [2.24, 2.45) is 0 Å². The maximum absolute atomic E-state index is 5.73. The van der Waals surface area contributed by atoms with Crippen molar-refractivity contribution < 1.29 is 9.47 Å². The van der Waals surface area contributed by atoms with Crippen LogP contribution in [0.5, 0.6) is 5.75 Å². The maximum Gasteiger partial charge on any atom is 0.124 e. The summed E-state index contributed by atoms with van der Waals surface area (Å²) >= 11 is 3.53. The zero-order valence-electron chi connectivity index (χ0n) is 11.8. The molecule has 1 heterocycles. The van der Waals surface area contributed by atoms with Crippen LogP contribution in [0.1, 0.15) is 38.8 Å². The van der Waals surface area contributed by atoms with Gasteiger partial charge in [0.1, 0.15) is 5.75 Å². The highest BCUT2D eigenvalue weighted by Gasteiger charge is 2.24. The highest BCUT2D eigenvalue weighted by molar-refractivity contribution is 9.10. The molecule has 1 aliphatic rings. The van der Waals surface area contributed by atoms with E-state index in [1.54, 1.807) is 0 Å². The standard InChI is InChI=1S/C15H22BrNO2/c1-4-19-15(2,3)10-17-13-7-8-18-14-6-5-11(16)9-12(13)14/h5-6,9,13,17H,4,7-8,10H2,1-3H3. The van der Waals surface area contributed by atoms with Crippen molar-refractivity contribution in [1.82, 2.24) is 5.32 Å². The minimum Gasteiger partial charge on any atom is -0.493 e. The third-order valence-electron chi connectivity index (χ3n) is 3.32. The number of hydrogen-bond donors (Lipinski definition) is 1. The Morgan fingerprint density at radius 3 is 3.00 bits per heavy atom. The highest BCUT2D eigenvalue weighted by atomic mass is 79.9. The molecule has 4 heteroatoms. The maximum atomic E-state index is 5.73. The first-order chi connectivity index (χ1) is 9.02. The van der Waals surface area contributed by atoms with Gasteiger partial charge in [0.15, 0.2) is 0 Å². The molecule has 0 radical (unpaired) electrons. The van der Waals surface area contributed by atoms with Gasteiger partial charge in [0.2, 0.25) is 0 Å². The molecule has 1 aromatic rings. The number of benzene rings is 1. The molecule has 1 aromatic carbocycles. The molecule has 1 N–H and O–H groups in total. The minimum absolute atomic E-state index is 0.140. The van der Waals surface area contributed by atoms with Crippen molar-refractivity contribution in [3.63, 3.8) is 0 Å². The number of fused-ring (bicyclic) bond motifs is 1. The molecule has 0 amide bonds. The summed E-state index contributed by atoms with van der Waals surface area (Å²) in [4.78, 5) is 0. The van der Waals surface area contributed by atoms with Gasteiger partial charge < -0.3 is 14.8 Å². The fraction of sp³-hybridized carbons (Fsp3) is 0.600. The average Bonchev–Trinajstić information content (AvgIpc) is 2.36. The molecule has 2 rings (SSSR count). The van der Waals surface area contributed by atoms with Crippen LogP contribution in [0.15, 0.2) is 22.7 Å². The first-order valence-corrected chi connectivity index (χ1v) is 7.61. The van der Waals surface area contributed by atoms with Crippen LogP contribution in [0.3, 0.4) is 0 Å². The van der Waals surface area contributed by atoms with Gasteiger partial charge in [-0.05, 0) is 39.0 Å². The Kier molecular flexibility index (Phi) is 4.87. The molecule has 1 aliphatic heterocycles. The van der Waals surface area contributed by atoms with E-state index in [4.69, 9.17) is 9.47 Å². The van der Waals surface area contributed by atoms with E-state index in [0.717, 1.165) is 36.4 Å². The Hall–Kier alpha value is -0.580. The summed E-state index contributed by atoms with van der Waals surface area (Å²) < 4.78 is 12.5. The summed E-state index contributed by atoms with van der Waals surface area (Å²) in [5.41, 5.74) is 1.09. The molecule has 0 fully saturated rings. The molecule has 0 saturated heterocycles. The van der Waals surface area contributed by atoms with Gasteiger partial charge in [0.25, 0.3) is 0 Å². The lowest BCUT2D eigenvalue weighted by Gasteiger charge is -2.31. The Balaban J connectivity index is 2.05. The summed E-state index contributed by atoms with van der Waals surface area (Å²) in [7, 11) is 0. The van der Waals surface area contributed by atoms with E-state index in [1.807, 2.05) is 19.1 Å². The zero-order valence-corrected chi connectivity index (χ0v) is 13.4. The van der Waals surface area contributed by atoms with Crippen LogP contribution in [-0.4, -0.2) is 25.4 Å². The smallest absolute Gasteiger partial charge is 0.124 e. The predicted molar refractivity (Wildman–Crippen MR) is 80.7 cm³/mol. The zero-order chi connectivity index (χ0) is 13.9. The quantitative estimate of drug-likeness (QED) is 0.894. The molecule has 1 atom stereocenters. The lowest BCUT2D eigenvalue weighted by molar-refractivity contribution is -0.0114. The van der Waals surface area contributed by atoms with E-state index >= 15 is 0 Å². The van der Waals surface area contributed by atoms with Crippen LogP contribution < -0.4 is 10.1 Å². The molecule has 0 spiro atoms. The number of halogens is 1. The van der Waals surface area contributed by atoms with Gasteiger partial charge in [-0.2, -0.15) is 0 Å². The molecule has 0 bridgehead atoms. The minimum atomic E-state index is -0.140. The van der Waals surface area contributed by atoms with Crippen LogP contribution in [-0.2, 0) is 4.74 Å². The second-order valence-electron chi connectivity index (χ2n) is 5.45. The Morgan fingerprint density at radius 1 is 1.47 bits per heavy atom. The number of ether oxygens (including phenoxy) is 2. The average molecular weight is 328 g/mol. The van der Waals surface area contributed by atoms with Gasteiger partial charge in [-0.25, -0.2) is 0 Å². The van der Waals surface area contributed by atoms with Crippen molar-refractivity contribution >= 4 is 15.9 Å². The van der Waals surface area contributed by atoms with E-state index in [2.05, 4.69) is 41.2 Å². The molecule has 0 saturated carbocycles. The Labute approximate surface area is 123 Å². The van der Waals surface area contributed by atoms with Crippen LogP contribution in [0, 0.1) is 0 Å². The second-order valence-corrected chi connectivity index (χ2v) is 6.36. The Morgan fingerprint density at radius 2 is 2.26 bits per heavy atom. The molecular weight excluding hydrogens is 306 g/mol. The van der Waals surface area contributed by atoms with Crippen LogP contribution in [0.25, 0.3) is 0 Å². The summed E-state index contributed by atoms with van der Waals surface area (Å²) in [5.74, 6) is 0.987. The van der Waals surface area contributed by atoms with Gasteiger partial charge >= 0.3 is 0 Å². The summed E-state index contributed by atoms with van der Waals surface area (Å²) in [5, 5.41) is 3.60. The van der Waals surface area contributed by atoms with Crippen LogP contribution in [0.2, 0.25) is 0 Å². The van der Waals surface area contributed by atoms with Crippen molar-refractivity contribution in [2.45, 2.75) is 38.8 Å². The number of hydrogen-bond acceptors (Lipinski definition) is 3. The molecule has 19 heavy (non-hydrogen) atoms. The summed E-state index contributed by atoms with van der Waals surface area (Å²) in [6.07, 6.45) is 0.992. The molecule has 0 aromatic heterocycles. The normalized spacial score (nSPS) is 18.8. The van der Waals surface area contributed by atoms with Crippen LogP contribution in [0.4, 0.5) is 0 Å². The third-order valence-corrected chi connectivity index (χ3v) is 3.81. The largest absolute Gasteiger partial charge is 0.493 e. The van der Waals surface area contributed by atoms with E-state index in [-0.39, 0.29) is 5.60 Å². The topological polar surface area (TPSA) is 30.5 Å². The Bertz CT molecular complexity index is 434. The predicted octanol–water partition coefficient (Wildman–Crippen LogP) is 3.68. The number of nitrogens with one attached hydrogen (secondary N) is 1.